The SMILES string of the molecule is CC[C@H]1CN2CC[C@H]1C[C@@H]2[C@@H]([O])c1ccnc2ccc(OC)cc12. The van der Waals surface area contributed by atoms with E-state index in [9.17, 15) is 5.11 Å². The first-order valence-electron chi connectivity index (χ1n) is 9.03. The summed E-state index contributed by atoms with van der Waals surface area (Å²) >= 11 is 0. The van der Waals surface area contributed by atoms with Gasteiger partial charge in [0.25, 0.3) is 0 Å². The van der Waals surface area contributed by atoms with Crippen molar-refractivity contribution >= 4 is 10.9 Å². The molecular formula is C20H25N2O2. The van der Waals surface area contributed by atoms with Crippen LogP contribution in [0.4, 0.5) is 0 Å². The monoisotopic (exact) mass is 325 g/mol. The van der Waals surface area contributed by atoms with Gasteiger partial charge in [-0.15, -0.1) is 0 Å². The Balaban J connectivity index is 1.68. The van der Waals surface area contributed by atoms with Crippen molar-refractivity contribution in [3.63, 3.8) is 0 Å². The van der Waals surface area contributed by atoms with Crippen LogP contribution >= 0.6 is 0 Å². The average Bonchev–Trinajstić information content (AvgIpc) is 2.66. The molecule has 0 aliphatic carbocycles. The van der Waals surface area contributed by atoms with E-state index >= 15 is 0 Å². The predicted octanol–water partition coefficient (Wildman–Crippen LogP) is 3.84. The number of benzene rings is 1. The zero-order valence-corrected chi connectivity index (χ0v) is 14.4. The Hall–Kier alpha value is -1.65. The number of pyridine rings is 1. The third kappa shape index (κ3) is 2.58. The van der Waals surface area contributed by atoms with Crippen LogP contribution in [0.5, 0.6) is 5.75 Å². The van der Waals surface area contributed by atoms with Gasteiger partial charge in [-0.25, -0.2) is 5.11 Å². The zero-order chi connectivity index (χ0) is 16.7. The topological polar surface area (TPSA) is 45.3 Å². The van der Waals surface area contributed by atoms with Crippen LogP contribution in [0.3, 0.4) is 0 Å². The van der Waals surface area contributed by atoms with Gasteiger partial charge >= 0.3 is 0 Å². The summed E-state index contributed by atoms with van der Waals surface area (Å²) in [4.78, 5) is 6.85. The summed E-state index contributed by atoms with van der Waals surface area (Å²) in [6.07, 6.45) is 4.57. The van der Waals surface area contributed by atoms with Crippen LogP contribution in [0.15, 0.2) is 30.5 Å². The van der Waals surface area contributed by atoms with Crippen molar-refractivity contribution in [3.05, 3.63) is 36.0 Å². The van der Waals surface area contributed by atoms with Gasteiger partial charge < -0.3 is 4.74 Å². The fraction of sp³-hybridized carbons (Fsp3) is 0.550. The number of hydrogen-bond acceptors (Lipinski definition) is 3. The molecule has 127 valence electrons. The molecule has 5 atom stereocenters. The summed E-state index contributed by atoms with van der Waals surface area (Å²) in [6.45, 7) is 4.45. The highest BCUT2D eigenvalue weighted by Crippen LogP contribution is 2.43. The molecule has 1 aromatic carbocycles. The summed E-state index contributed by atoms with van der Waals surface area (Å²) in [6, 6.07) is 7.80. The van der Waals surface area contributed by atoms with Gasteiger partial charge in [0.2, 0.25) is 0 Å². The van der Waals surface area contributed by atoms with Gasteiger partial charge in [-0.2, -0.15) is 0 Å². The number of methoxy groups -OCH3 is 1. The van der Waals surface area contributed by atoms with Crippen LogP contribution in [-0.4, -0.2) is 36.1 Å². The van der Waals surface area contributed by atoms with E-state index in [2.05, 4.69) is 16.8 Å². The first-order valence-corrected chi connectivity index (χ1v) is 9.03. The van der Waals surface area contributed by atoms with Crippen molar-refractivity contribution in [1.82, 2.24) is 9.88 Å². The largest absolute Gasteiger partial charge is 0.497 e. The molecule has 1 aromatic heterocycles. The second-order valence-electron chi connectivity index (χ2n) is 7.22. The lowest BCUT2D eigenvalue weighted by Gasteiger charge is -2.50. The molecule has 1 unspecified atom stereocenters. The molecule has 0 spiro atoms. The van der Waals surface area contributed by atoms with Gasteiger partial charge in [0.15, 0.2) is 0 Å². The van der Waals surface area contributed by atoms with Crippen LogP contribution in [0, 0.1) is 11.8 Å². The molecule has 4 nitrogen and oxygen atoms in total. The highest BCUT2D eigenvalue weighted by molar-refractivity contribution is 5.83. The molecule has 24 heavy (non-hydrogen) atoms. The Morgan fingerprint density at radius 3 is 2.96 bits per heavy atom. The number of fused-ring (bicyclic) bond motifs is 4. The third-order valence-corrected chi connectivity index (χ3v) is 6.10. The van der Waals surface area contributed by atoms with Gasteiger partial charge in [0, 0.05) is 24.2 Å². The molecular weight excluding hydrogens is 300 g/mol. The van der Waals surface area contributed by atoms with E-state index in [0.29, 0.717) is 0 Å². The fourth-order valence-electron chi connectivity index (χ4n) is 4.69. The van der Waals surface area contributed by atoms with Crippen LogP contribution in [0.1, 0.15) is 37.9 Å². The second kappa shape index (κ2) is 6.34. The molecule has 3 saturated heterocycles. The fourth-order valence-corrected chi connectivity index (χ4v) is 4.69. The smallest absolute Gasteiger partial charge is 0.134 e. The van der Waals surface area contributed by atoms with E-state index in [0.717, 1.165) is 53.6 Å². The summed E-state index contributed by atoms with van der Waals surface area (Å²) < 4.78 is 5.34. The molecule has 2 aromatic rings. The van der Waals surface area contributed by atoms with E-state index in [1.165, 1.54) is 12.8 Å². The minimum absolute atomic E-state index is 0.114. The van der Waals surface area contributed by atoms with Crippen LogP contribution in [-0.2, 0) is 5.11 Å². The maximum Gasteiger partial charge on any atom is 0.134 e. The number of piperidine rings is 3. The molecule has 4 heteroatoms. The molecule has 0 N–H and O–H groups in total. The highest BCUT2D eigenvalue weighted by Gasteiger charge is 2.43. The Labute approximate surface area is 143 Å². The second-order valence-corrected chi connectivity index (χ2v) is 7.22. The number of nitrogens with zero attached hydrogens (tertiary/aromatic N) is 2. The first-order chi connectivity index (χ1) is 11.7. The van der Waals surface area contributed by atoms with E-state index in [4.69, 9.17) is 4.74 Å². The average molecular weight is 325 g/mol. The Bertz CT molecular complexity index is 733. The summed E-state index contributed by atoms with van der Waals surface area (Å²) in [5.74, 6) is 2.28. The molecule has 4 heterocycles. The van der Waals surface area contributed by atoms with Gasteiger partial charge in [-0.3, -0.25) is 9.88 Å². The normalized spacial score (nSPS) is 30.5. The lowest BCUT2D eigenvalue weighted by atomic mass is 9.72. The van der Waals surface area contributed by atoms with Crippen molar-refractivity contribution < 1.29 is 9.84 Å². The Morgan fingerprint density at radius 2 is 2.25 bits per heavy atom. The van der Waals surface area contributed by atoms with Gasteiger partial charge in [0.1, 0.15) is 11.9 Å². The van der Waals surface area contributed by atoms with Gasteiger partial charge in [-0.1, -0.05) is 13.3 Å². The van der Waals surface area contributed by atoms with Crippen molar-refractivity contribution in [2.24, 2.45) is 11.8 Å². The van der Waals surface area contributed by atoms with Crippen molar-refractivity contribution in [1.29, 1.82) is 0 Å². The maximum absolute atomic E-state index is 13.4. The predicted molar refractivity (Wildman–Crippen MR) is 93.6 cm³/mol. The summed E-state index contributed by atoms with van der Waals surface area (Å²) in [7, 11) is 1.66. The lowest BCUT2D eigenvalue weighted by Crippen LogP contribution is -2.55. The molecule has 0 amide bonds. The summed E-state index contributed by atoms with van der Waals surface area (Å²) in [5, 5.41) is 14.3. The van der Waals surface area contributed by atoms with Crippen LogP contribution < -0.4 is 4.74 Å². The van der Waals surface area contributed by atoms with Crippen molar-refractivity contribution in [2.75, 3.05) is 20.2 Å². The van der Waals surface area contributed by atoms with Crippen LogP contribution in [0.25, 0.3) is 10.9 Å². The molecule has 3 aliphatic rings. The minimum atomic E-state index is -0.719. The Morgan fingerprint density at radius 1 is 1.38 bits per heavy atom. The molecule has 1 radical (unpaired) electrons. The van der Waals surface area contributed by atoms with E-state index in [-0.39, 0.29) is 6.04 Å². The minimum Gasteiger partial charge on any atom is -0.497 e. The Kier molecular flexibility index (Phi) is 4.19. The third-order valence-electron chi connectivity index (χ3n) is 6.10. The molecule has 3 fully saturated rings. The highest BCUT2D eigenvalue weighted by atomic mass is 16.5. The maximum atomic E-state index is 13.4. The van der Waals surface area contributed by atoms with E-state index in [1.807, 2.05) is 24.3 Å². The van der Waals surface area contributed by atoms with Crippen molar-refractivity contribution in [3.8, 4) is 5.75 Å². The molecule has 0 saturated carbocycles. The zero-order valence-electron chi connectivity index (χ0n) is 14.4. The van der Waals surface area contributed by atoms with Crippen molar-refractivity contribution in [2.45, 2.75) is 38.3 Å². The van der Waals surface area contributed by atoms with Gasteiger partial charge in [-0.05, 0) is 61.1 Å². The quantitative estimate of drug-likeness (QED) is 0.858. The summed E-state index contributed by atoms with van der Waals surface area (Å²) in [5.41, 5.74) is 1.74. The molecule has 2 bridgehead atoms. The number of ether oxygens (including phenoxy) is 1. The van der Waals surface area contributed by atoms with E-state index < -0.39 is 6.10 Å². The van der Waals surface area contributed by atoms with Crippen LogP contribution in [0.2, 0.25) is 0 Å². The number of hydrogen-bond donors (Lipinski definition) is 0. The standard InChI is InChI=1S/C20H25N2O2/c1-3-13-12-22-9-7-14(13)10-19(22)20(23)16-6-8-21-18-5-4-15(24-2)11-17(16)18/h4-6,8,11,13-14,19-20H,3,7,9-10,12H2,1-2H3/t13-,14-,19+,20-/m0/s1. The first kappa shape index (κ1) is 15.9. The molecule has 5 rings (SSSR count). The molecule has 3 aliphatic heterocycles. The lowest BCUT2D eigenvalue weighted by molar-refractivity contribution is -0.0783. The number of aromatic nitrogens is 1. The number of rotatable bonds is 4. The van der Waals surface area contributed by atoms with Gasteiger partial charge in [0.05, 0.1) is 12.6 Å². The van der Waals surface area contributed by atoms with E-state index in [1.54, 1.807) is 13.3 Å².